The molecule has 64 valence electrons. The first-order valence-corrected chi connectivity index (χ1v) is 3.52. The zero-order chi connectivity index (χ0) is 7.61. The summed E-state index contributed by atoms with van der Waals surface area (Å²) in [7, 11) is 0. The van der Waals surface area contributed by atoms with E-state index in [4.69, 9.17) is 0 Å². The van der Waals surface area contributed by atoms with E-state index >= 15 is 0 Å². The Bertz CT molecular complexity index is 201. The van der Waals surface area contributed by atoms with Gasteiger partial charge in [-0.05, 0) is 12.1 Å². The molecule has 0 aliphatic carbocycles. The van der Waals surface area contributed by atoms with Crippen molar-refractivity contribution in [1.29, 1.82) is 0 Å². The minimum absolute atomic E-state index is 0. The van der Waals surface area contributed by atoms with Crippen molar-refractivity contribution in [2.24, 2.45) is 0 Å². The van der Waals surface area contributed by atoms with Crippen molar-refractivity contribution in [3.8, 4) is 0 Å². The molecule has 1 nitrogen and oxygen atoms in total. The van der Waals surface area contributed by atoms with E-state index in [9.17, 15) is 0 Å². The molecule has 1 aromatic rings. The van der Waals surface area contributed by atoms with Gasteiger partial charge in [0, 0.05) is 33.8 Å². The van der Waals surface area contributed by atoms with Crippen LogP contribution < -0.4 is 0 Å². The zero-order valence-corrected chi connectivity index (χ0v) is 8.06. The van der Waals surface area contributed by atoms with Crippen molar-refractivity contribution in [3.05, 3.63) is 30.1 Å². The molecule has 1 aromatic heterocycles. The quantitative estimate of drug-likeness (QED) is 0.577. The third-order valence-corrected chi connectivity index (χ3v) is 1.43. The molecule has 0 aliphatic heterocycles. The Kier molecular flexibility index (Phi) is 3.75. The molecule has 1 rings (SSSR count). The van der Waals surface area contributed by atoms with Crippen LogP contribution in [0.25, 0.3) is 0 Å². The molecule has 0 bridgehead atoms. The van der Waals surface area contributed by atoms with E-state index < -0.39 is 0 Å². The van der Waals surface area contributed by atoms with Crippen LogP contribution in [0.1, 0.15) is 26.5 Å². The van der Waals surface area contributed by atoms with Crippen LogP contribution in [0.5, 0.6) is 0 Å². The summed E-state index contributed by atoms with van der Waals surface area (Å²) >= 11 is 0. The first kappa shape index (κ1) is 10.6. The molecule has 0 saturated heterocycles. The smallest absolute Gasteiger partial charge is 0.0457 e. The van der Waals surface area contributed by atoms with E-state index in [2.05, 4.69) is 31.8 Å². The van der Waals surface area contributed by atoms with Gasteiger partial charge in [0.2, 0.25) is 0 Å². The molecule has 11 heavy (non-hydrogen) atoms. The van der Waals surface area contributed by atoms with E-state index in [1.54, 1.807) is 0 Å². The first-order valence-electron chi connectivity index (χ1n) is 3.52. The van der Waals surface area contributed by atoms with Gasteiger partial charge in [-0.15, -0.1) is 0 Å². The summed E-state index contributed by atoms with van der Waals surface area (Å²) in [6.07, 6.45) is 1.83. The number of pyridine rings is 1. The Labute approximate surface area is 78.2 Å². The first-order chi connectivity index (χ1) is 4.61. The molecule has 0 N–H and O–H groups in total. The Morgan fingerprint density at radius 1 is 1.18 bits per heavy atom. The molecule has 0 amide bonds. The maximum Gasteiger partial charge on any atom is 0.0457 e. The van der Waals surface area contributed by atoms with E-state index in [1.165, 1.54) is 0 Å². The minimum Gasteiger partial charge on any atom is -0.261 e. The summed E-state index contributed by atoms with van der Waals surface area (Å²) in [5.41, 5.74) is 1.33. The van der Waals surface area contributed by atoms with E-state index in [1.807, 2.05) is 18.3 Å². The van der Waals surface area contributed by atoms with E-state index in [-0.39, 0.29) is 21.9 Å². The molecule has 0 fully saturated rings. The van der Waals surface area contributed by atoms with Gasteiger partial charge >= 0.3 is 0 Å². The molecule has 0 unspecified atom stereocenters. The van der Waals surface area contributed by atoms with Gasteiger partial charge in [0.05, 0.1) is 0 Å². The molecule has 1 heterocycles. The minimum atomic E-state index is 0. The van der Waals surface area contributed by atoms with Gasteiger partial charge in [0.15, 0.2) is 0 Å². The van der Waals surface area contributed by atoms with Crippen molar-refractivity contribution in [2.75, 3.05) is 0 Å². The molecule has 0 aliphatic rings. The zero-order valence-electron chi connectivity index (χ0n) is 7.07. The van der Waals surface area contributed by atoms with Crippen molar-refractivity contribution in [2.45, 2.75) is 26.2 Å². The van der Waals surface area contributed by atoms with Gasteiger partial charge in [0.1, 0.15) is 0 Å². The van der Waals surface area contributed by atoms with Crippen molar-refractivity contribution in [3.63, 3.8) is 0 Å². The number of hydrogen-bond donors (Lipinski definition) is 0. The van der Waals surface area contributed by atoms with Gasteiger partial charge in [0.25, 0.3) is 0 Å². The van der Waals surface area contributed by atoms with Crippen LogP contribution >= 0.6 is 0 Å². The van der Waals surface area contributed by atoms with Crippen LogP contribution in [0.4, 0.5) is 0 Å². The van der Waals surface area contributed by atoms with Crippen molar-refractivity contribution >= 4 is 0 Å². The Hall–Kier alpha value is -0.356. The normalized spacial score (nSPS) is 10.5. The molecule has 0 saturated carbocycles. The average molecular weight is 194 g/mol. The number of hydrogen-bond acceptors (Lipinski definition) is 1. The summed E-state index contributed by atoms with van der Waals surface area (Å²) in [5, 5.41) is 0. The van der Waals surface area contributed by atoms with Gasteiger partial charge in [-0.1, -0.05) is 26.8 Å². The Morgan fingerprint density at radius 3 is 2.09 bits per heavy atom. The number of nitrogens with zero attached hydrogens (tertiary/aromatic N) is 1. The summed E-state index contributed by atoms with van der Waals surface area (Å²) in [6.45, 7) is 6.49. The van der Waals surface area contributed by atoms with Crippen LogP contribution in [0.3, 0.4) is 0 Å². The van der Waals surface area contributed by atoms with Crippen molar-refractivity contribution < 1.29 is 16.5 Å². The fourth-order valence-corrected chi connectivity index (χ4v) is 0.806. The monoisotopic (exact) mass is 193 g/mol. The summed E-state index contributed by atoms with van der Waals surface area (Å²) < 4.78 is 0. The van der Waals surface area contributed by atoms with Gasteiger partial charge in [-0.2, -0.15) is 0 Å². The summed E-state index contributed by atoms with van der Waals surface area (Å²) in [5.74, 6) is 0. The third kappa shape index (κ3) is 3.03. The van der Waals surface area contributed by atoms with Crippen molar-refractivity contribution in [1.82, 2.24) is 4.98 Å². The molecular weight excluding hydrogens is 181 g/mol. The predicted octanol–water partition coefficient (Wildman–Crippen LogP) is 2.38. The molecule has 2 heteroatoms. The number of rotatable bonds is 0. The van der Waals surface area contributed by atoms with Crippen LogP contribution in [0, 0.1) is 0 Å². The topological polar surface area (TPSA) is 12.9 Å². The second kappa shape index (κ2) is 3.87. The molecule has 0 atom stereocenters. The third-order valence-electron chi connectivity index (χ3n) is 1.43. The standard InChI is InChI=1S/C9H13N.Ni/c1-9(2,3)8-6-4-5-7-10-8;/h4-7H,1-3H3;. The Balaban J connectivity index is 0.000001000. The predicted molar refractivity (Wildman–Crippen MR) is 42.9 cm³/mol. The average Bonchev–Trinajstić information content (AvgIpc) is 1.88. The van der Waals surface area contributed by atoms with E-state index in [0.717, 1.165) is 5.69 Å². The number of aromatic nitrogens is 1. The summed E-state index contributed by atoms with van der Waals surface area (Å²) in [4.78, 5) is 4.25. The van der Waals surface area contributed by atoms with Gasteiger partial charge < -0.3 is 0 Å². The fourth-order valence-electron chi connectivity index (χ4n) is 0.806. The van der Waals surface area contributed by atoms with Crippen LogP contribution in [0.2, 0.25) is 0 Å². The van der Waals surface area contributed by atoms with Crippen LogP contribution in [-0.2, 0) is 21.9 Å². The largest absolute Gasteiger partial charge is 0.261 e. The Morgan fingerprint density at radius 2 is 1.82 bits per heavy atom. The molecule has 0 spiro atoms. The van der Waals surface area contributed by atoms with Crippen LogP contribution in [0.15, 0.2) is 24.4 Å². The second-order valence-corrected chi connectivity index (χ2v) is 3.46. The van der Waals surface area contributed by atoms with Crippen LogP contribution in [-0.4, -0.2) is 4.98 Å². The molecule has 0 radical (unpaired) electrons. The SMILES string of the molecule is CC(C)(C)c1ccccn1.[Ni]. The maximum atomic E-state index is 4.25. The van der Waals surface area contributed by atoms with Gasteiger partial charge in [-0.3, -0.25) is 4.98 Å². The molecule has 0 aromatic carbocycles. The summed E-state index contributed by atoms with van der Waals surface area (Å²) in [6, 6.07) is 6.02. The fraction of sp³-hybridized carbons (Fsp3) is 0.444. The van der Waals surface area contributed by atoms with E-state index in [0.29, 0.717) is 0 Å². The molecular formula is C9H13NNi. The second-order valence-electron chi connectivity index (χ2n) is 3.46. The van der Waals surface area contributed by atoms with Gasteiger partial charge in [-0.25, -0.2) is 0 Å². The maximum absolute atomic E-state index is 4.25.